The van der Waals surface area contributed by atoms with Crippen molar-refractivity contribution in [1.29, 1.82) is 0 Å². The summed E-state index contributed by atoms with van der Waals surface area (Å²) in [5, 5.41) is 1.37. The highest BCUT2D eigenvalue weighted by atomic mass is 35.5. The van der Waals surface area contributed by atoms with E-state index in [1.165, 1.54) is 0 Å². The molecule has 0 aliphatic carbocycles. The van der Waals surface area contributed by atoms with Crippen LogP contribution in [0.1, 0.15) is 0 Å². The van der Waals surface area contributed by atoms with E-state index < -0.39 is 0 Å². The van der Waals surface area contributed by atoms with E-state index in [9.17, 15) is 0 Å². The number of rotatable bonds is 4. The molecule has 2 N–H and O–H groups in total. The topological polar surface area (TPSA) is 29.3 Å². The summed E-state index contributed by atoms with van der Waals surface area (Å²) in [6, 6.07) is 15.3. The number of para-hydroxylation sites is 2. The van der Waals surface area contributed by atoms with Crippen molar-refractivity contribution in [3.63, 3.8) is 0 Å². The zero-order chi connectivity index (χ0) is 13.0. The van der Waals surface area contributed by atoms with E-state index in [0.717, 1.165) is 11.4 Å². The van der Waals surface area contributed by atoms with Gasteiger partial charge in [0, 0.05) is 13.1 Å². The number of nitrogens with two attached hydrogens (primary N) is 1. The van der Waals surface area contributed by atoms with Crippen molar-refractivity contribution in [2.75, 3.05) is 18.0 Å². The van der Waals surface area contributed by atoms with E-state index in [0.29, 0.717) is 23.1 Å². The van der Waals surface area contributed by atoms with Crippen LogP contribution in [0.5, 0.6) is 0 Å². The molecule has 94 valence electrons. The fourth-order valence-electron chi connectivity index (χ4n) is 1.84. The van der Waals surface area contributed by atoms with E-state index >= 15 is 0 Å². The highest BCUT2D eigenvalue weighted by Gasteiger charge is 2.13. The van der Waals surface area contributed by atoms with Gasteiger partial charge in [-0.25, -0.2) is 0 Å². The molecule has 0 fully saturated rings. The maximum atomic E-state index is 6.23. The van der Waals surface area contributed by atoms with E-state index in [4.69, 9.17) is 28.9 Å². The van der Waals surface area contributed by atoms with Crippen LogP contribution in [0.25, 0.3) is 0 Å². The summed E-state index contributed by atoms with van der Waals surface area (Å²) in [7, 11) is 0. The second-order valence-corrected chi connectivity index (χ2v) is 4.66. The number of benzene rings is 2. The average molecular weight is 281 g/mol. The zero-order valence-electron chi connectivity index (χ0n) is 9.81. The third-order valence-electron chi connectivity index (χ3n) is 2.64. The lowest BCUT2D eigenvalue weighted by molar-refractivity contribution is 0.923. The van der Waals surface area contributed by atoms with Crippen LogP contribution in [-0.4, -0.2) is 13.1 Å². The Kier molecular flexibility index (Phi) is 4.48. The standard InChI is InChI=1S/C14H14Cl2N2/c15-11-5-1-3-7-13(11)18(10-9-17)14-8-4-2-6-12(14)16/h1-8H,9-10,17H2. The molecule has 0 aliphatic heterocycles. The summed E-state index contributed by atoms with van der Waals surface area (Å²) < 4.78 is 0. The minimum absolute atomic E-state index is 0.524. The number of hydrogen-bond donors (Lipinski definition) is 1. The quantitative estimate of drug-likeness (QED) is 0.914. The van der Waals surface area contributed by atoms with Crippen LogP contribution in [0.3, 0.4) is 0 Å². The SMILES string of the molecule is NCCN(c1ccccc1Cl)c1ccccc1Cl. The predicted octanol–water partition coefficient (Wildman–Crippen LogP) is 4.09. The first kappa shape index (κ1) is 13.2. The molecule has 0 aliphatic rings. The summed E-state index contributed by atoms with van der Waals surface area (Å²) in [4.78, 5) is 2.03. The van der Waals surface area contributed by atoms with Crippen LogP contribution in [0.15, 0.2) is 48.5 Å². The molecule has 0 atom stereocenters. The van der Waals surface area contributed by atoms with Gasteiger partial charge in [-0.3, -0.25) is 0 Å². The third-order valence-corrected chi connectivity index (χ3v) is 3.28. The minimum Gasteiger partial charge on any atom is -0.338 e. The van der Waals surface area contributed by atoms with Crippen LogP contribution < -0.4 is 10.6 Å². The van der Waals surface area contributed by atoms with E-state index in [1.807, 2.05) is 53.4 Å². The Morgan fingerprint density at radius 2 is 1.28 bits per heavy atom. The van der Waals surface area contributed by atoms with Gasteiger partial charge in [-0.1, -0.05) is 47.5 Å². The van der Waals surface area contributed by atoms with E-state index in [-0.39, 0.29) is 0 Å². The van der Waals surface area contributed by atoms with Crippen molar-refractivity contribution in [2.45, 2.75) is 0 Å². The van der Waals surface area contributed by atoms with Gasteiger partial charge in [0.15, 0.2) is 0 Å². The third kappa shape index (κ3) is 2.78. The molecule has 0 amide bonds. The van der Waals surface area contributed by atoms with Crippen molar-refractivity contribution >= 4 is 34.6 Å². The number of halogens is 2. The molecule has 0 unspecified atom stereocenters. The van der Waals surface area contributed by atoms with Gasteiger partial charge in [0.05, 0.1) is 21.4 Å². The van der Waals surface area contributed by atoms with Gasteiger partial charge in [-0.2, -0.15) is 0 Å². The average Bonchev–Trinajstić information content (AvgIpc) is 2.38. The van der Waals surface area contributed by atoms with Gasteiger partial charge in [0.1, 0.15) is 0 Å². The summed E-state index contributed by atoms with van der Waals surface area (Å²) in [6.07, 6.45) is 0. The van der Waals surface area contributed by atoms with E-state index in [1.54, 1.807) is 0 Å². The van der Waals surface area contributed by atoms with Gasteiger partial charge < -0.3 is 10.6 Å². The fraction of sp³-hybridized carbons (Fsp3) is 0.143. The Balaban J connectivity index is 2.47. The van der Waals surface area contributed by atoms with E-state index in [2.05, 4.69) is 0 Å². The molecule has 2 aromatic carbocycles. The lowest BCUT2D eigenvalue weighted by Gasteiger charge is -2.26. The van der Waals surface area contributed by atoms with Crippen molar-refractivity contribution in [1.82, 2.24) is 0 Å². The second-order valence-electron chi connectivity index (χ2n) is 3.84. The Hall–Kier alpha value is -1.22. The predicted molar refractivity (Wildman–Crippen MR) is 79.0 cm³/mol. The molecule has 2 nitrogen and oxygen atoms in total. The van der Waals surface area contributed by atoms with Crippen LogP contribution in [0, 0.1) is 0 Å². The first-order valence-corrected chi connectivity index (χ1v) is 6.46. The van der Waals surface area contributed by atoms with Gasteiger partial charge in [-0.15, -0.1) is 0 Å². The van der Waals surface area contributed by atoms with Crippen molar-refractivity contribution in [2.24, 2.45) is 5.73 Å². The number of nitrogens with zero attached hydrogens (tertiary/aromatic N) is 1. The molecule has 2 aromatic rings. The van der Waals surface area contributed by atoms with Crippen molar-refractivity contribution < 1.29 is 0 Å². The molecule has 0 saturated carbocycles. The highest BCUT2D eigenvalue weighted by Crippen LogP contribution is 2.35. The maximum Gasteiger partial charge on any atom is 0.0643 e. The van der Waals surface area contributed by atoms with Crippen LogP contribution in [0.4, 0.5) is 11.4 Å². The number of anilines is 2. The molecule has 0 saturated heterocycles. The van der Waals surface area contributed by atoms with Crippen LogP contribution >= 0.6 is 23.2 Å². The summed E-state index contributed by atoms with van der Waals surface area (Å²) in [6.45, 7) is 1.18. The molecular formula is C14H14Cl2N2. The fourth-order valence-corrected chi connectivity index (χ4v) is 2.32. The molecule has 0 heterocycles. The number of hydrogen-bond acceptors (Lipinski definition) is 2. The summed E-state index contributed by atoms with van der Waals surface area (Å²) in [5.74, 6) is 0. The highest BCUT2D eigenvalue weighted by molar-refractivity contribution is 6.35. The first-order chi connectivity index (χ1) is 8.74. The molecule has 2 rings (SSSR count). The normalized spacial score (nSPS) is 10.4. The second kappa shape index (κ2) is 6.10. The largest absolute Gasteiger partial charge is 0.338 e. The molecule has 0 spiro atoms. The van der Waals surface area contributed by atoms with Gasteiger partial charge in [-0.05, 0) is 24.3 Å². The Labute approximate surface area is 117 Å². The first-order valence-electron chi connectivity index (χ1n) is 5.70. The summed E-state index contributed by atoms with van der Waals surface area (Å²) in [5.41, 5.74) is 7.51. The molecule has 4 heteroatoms. The smallest absolute Gasteiger partial charge is 0.0643 e. The molecule has 0 radical (unpaired) electrons. The molecular weight excluding hydrogens is 267 g/mol. The van der Waals surface area contributed by atoms with Crippen molar-refractivity contribution in [3.05, 3.63) is 58.6 Å². The lowest BCUT2D eigenvalue weighted by atomic mass is 10.2. The van der Waals surface area contributed by atoms with Crippen LogP contribution in [-0.2, 0) is 0 Å². The Morgan fingerprint density at radius 1 is 0.833 bits per heavy atom. The molecule has 0 aromatic heterocycles. The van der Waals surface area contributed by atoms with Crippen LogP contribution in [0.2, 0.25) is 10.0 Å². The maximum absolute atomic E-state index is 6.23. The molecule has 0 bridgehead atoms. The Bertz CT molecular complexity index is 483. The van der Waals surface area contributed by atoms with Gasteiger partial charge in [0.2, 0.25) is 0 Å². The zero-order valence-corrected chi connectivity index (χ0v) is 11.3. The minimum atomic E-state index is 0.524. The van der Waals surface area contributed by atoms with Gasteiger partial charge in [0.25, 0.3) is 0 Å². The molecule has 18 heavy (non-hydrogen) atoms. The summed E-state index contributed by atoms with van der Waals surface area (Å²) >= 11 is 12.5. The van der Waals surface area contributed by atoms with Crippen molar-refractivity contribution in [3.8, 4) is 0 Å². The lowest BCUT2D eigenvalue weighted by Crippen LogP contribution is -2.25. The van der Waals surface area contributed by atoms with Gasteiger partial charge >= 0.3 is 0 Å². The Morgan fingerprint density at radius 3 is 1.67 bits per heavy atom. The monoisotopic (exact) mass is 280 g/mol.